The molecule has 0 saturated carbocycles. The Bertz CT molecular complexity index is 1310. The molecule has 1 N–H and O–H groups in total. The van der Waals surface area contributed by atoms with Gasteiger partial charge in [0, 0.05) is 19.2 Å². The van der Waals surface area contributed by atoms with Gasteiger partial charge in [0.2, 0.25) is 11.8 Å². The maximum absolute atomic E-state index is 14.0. The van der Waals surface area contributed by atoms with Crippen LogP contribution in [0.1, 0.15) is 101 Å². The number of anilines is 2. The van der Waals surface area contributed by atoms with Crippen molar-refractivity contribution in [2.45, 2.75) is 90.6 Å². The molecule has 4 rings (SSSR count). The fourth-order valence-electron chi connectivity index (χ4n) is 5.03. The highest BCUT2D eigenvalue weighted by Crippen LogP contribution is 2.39. The Morgan fingerprint density at radius 2 is 1.64 bits per heavy atom. The summed E-state index contributed by atoms with van der Waals surface area (Å²) >= 11 is 0. The average Bonchev–Trinajstić information content (AvgIpc) is 3.23. The van der Waals surface area contributed by atoms with Gasteiger partial charge < -0.3 is 9.50 Å². The summed E-state index contributed by atoms with van der Waals surface area (Å²) in [5.41, 5.74) is 5.72. The summed E-state index contributed by atoms with van der Waals surface area (Å²) in [6.07, 6.45) is 0.247. The molecule has 0 aromatic heterocycles. The van der Waals surface area contributed by atoms with Gasteiger partial charge >= 0.3 is 10.1 Å². The van der Waals surface area contributed by atoms with Crippen LogP contribution in [0.3, 0.4) is 0 Å². The van der Waals surface area contributed by atoms with Crippen molar-refractivity contribution in [1.29, 1.82) is 0 Å². The van der Waals surface area contributed by atoms with Crippen molar-refractivity contribution in [3.63, 3.8) is 0 Å². The molecule has 2 aromatic rings. The summed E-state index contributed by atoms with van der Waals surface area (Å²) in [6, 6.07) is 7.78. The van der Waals surface area contributed by atoms with Gasteiger partial charge in [0.05, 0.1) is 11.3 Å². The lowest BCUT2D eigenvalue weighted by Crippen LogP contribution is -2.41. The lowest BCUT2D eigenvalue weighted by atomic mass is 9.89. The normalized spacial score (nSPS) is 17.2. The van der Waals surface area contributed by atoms with Crippen LogP contribution in [0, 0.1) is 0 Å². The number of aliphatic imine (C=N–C) groups is 1. The second-order valence-electron chi connectivity index (χ2n) is 10.7. The summed E-state index contributed by atoms with van der Waals surface area (Å²) < 4.78 is 33.9. The number of rotatable bonds is 5. The number of nitrogens with zero attached hydrogens (tertiary/aromatic N) is 2. The van der Waals surface area contributed by atoms with Crippen molar-refractivity contribution >= 4 is 33.3 Å². The van der Waals surface area contributed by atoms with Gasteiger partial charge in [-0.2, -0.15) is 8.42 Å². The Labute approximate surface area is 215 Å². The number of benzene rings is 2. The molecular weight excluding hydrogens is 474 g/mol. The average molecular weight is 512 g/mol. The molecule has 2 aliphatic heterocycles. The van der Waals surface area contributed by atoms with Gasteiger partial charge in [0.1, 0.15) is 11.1 Å². The number of carbonyl (C=O) groups excluding carboxylic acids is 1. The van der Waals surface area contributed by atoms with Crippen LogP contribution in [0.2, 0.25) is 0 Å². The first-order valence-corrected chi connectivity index (χ1v) is 14.1. The van der Waals surface area contributed by atoms with Crippen molar-refractivity contribution < 1.29 is 17.4 Å². The Balaban J connectivity index is 1.88. The Morgan fingerprint density at radius 1 is 1.03 bits per heavy atom. The Hall–Kier alpha value is -2.87. The summed E-state index contributed by atoms with van der Waals surface area (Å²) in [6.45, 7) is 16.3. The predicted octanol–water partition coefficient (Wildman–Crippen LogP) is 5.89. The molecule has 1 atom stereocenters. The SMILES string of the molecule is CC(=O)N1c2cc3c(cc2C(OS(=O)(=O)c2c(C(C)C)cc(C(C)C)cc2C(C)C)=NC1C)NCC3. The molecule has 0 aliphatic carbocycles. The van der Waals surface area contributed by atoms with Gasteiger partial charge in [0.15, 0.2) is 0 Å². The van der Waals surface area contributed by atoms with Crippen LogP contribution in [0.25, 0.3) is 0 Å². The van der Waals surface area contributed by atoms with Crippen molar-refractivity contribution in [2.75, 3.05) is 16.8 Å². The highest BCUT2D eigenvalue weighted by atomic mass is 32.2. The molecule has 2 aromatic carbocycles. The number of amides is 1. The zero-order valence-electron chi connectivity index (χ0n) is 22.5. The molecule has 0 saturated heterocycles. The van der Waals surface area contributed by atoms with Crippen molar-refractivity contribution in [3.8, 4) is 0 Å². The molecule has 0 radical (unpaired) electrons. The second kappa shape index (κ2) is 9.54. The minimum atomic E-state index is -4.23. The molecule has 1 amide bonds. The van der Waals surface area contributed by atoms with Crippen LogP contribution in [-0.2, 0) is 25.5 Å². The third-order valence-electron chi connectivity index (χ3n) is 6.96. The Morgan fingerprint density at radius 3 is 2.17 bits per heavy atom. The summed E-state index contributed by atoms with van der Waals surface area (Å²) in [5.74, 6) is 0.0856. The van der Waals surface area contributed by atoms with Gasteiger partial charge in [-0.3, -0.25) is 9.69 Å². The molecule has 1 unspecified atom stereocenters. The summed E-state index contributed by atoms with van der Waals surface area (Å²) in [4.78, 5) is 18.9. The standard InChI is InChI=1S/C28H37N3O4S/c1-15(2)21-11-22(16(3)4)27(23(12-21)17(5)6)36(33,34)35-28-24-14-25-20(9-10-29-25)13-26(24)31(19(8)32)18(7)30-28/h11-18,29H,9-10H2,1-8H3. The minimum absolute atomic E-state index is 0.0175. The van der Waals surface area contributed by atoms with Gasteiger partial charge in [-0.05, 0) is 65.5 Å². The molecule has 0 bridgehead atoms. The van der Waals surface area contributed by atoms with E-state index in [1.54, 1.807) is 11.8 Å². The molecular formula is C28H37N3O4S. The fraction of sp³-hybridized carbons (Fsp3) is 0.500. The quantitative estimate of drug-likeness (QED) is 0.506. The first-order chi connectivity index (χ1) is 16.8. The number of nitrogens with one attached hydrogen (secondary N) is 1. The largest absolute Gasteiger partial charge is 0.384 e. The highest BCUT2D eigenvalue weighted by Gasteiger charge is 2.35. The van der Waals surface area contributed by atoms with Gasteiger partial charge in [-0.25, -0.2) is 4.99 Å². The van der Waals surface area contributed by atoms with E-state index >= 15 is 0 Å². The van der Waals surface area contributed by atoms with Crippen molar-refractivity contribution in [3.05, 3.63) is 52.1 Å². The molecule has 0 fully saturated rings. The first kappa shape index (κ1) is 26.2. The van der Waals surface area contributed by atoms with E-state index in [2.05, 4.69) is 24.2 Å². The first-order valence-electron chi connectivity index (χ1n) is 12.7. The number of carbonyl (C=O) groups is 1. The van der Waals surface area contributed by atoms with Crippen LogP contribution in [0.5, 0.6) is 0 Å². The lowest BCUT2D eigenvalue weighted by Gasteiger charge is -2.33. The molecule has 0 spiro atoms. The minimum Gasteiger partial charge on any atom is -0.384 e. The topological polar surface area (TPSA) is 88.1 Å². The van der Waals surface area contributed by atoms with Gasteiger partial charge in [-0.15, -0.1) is 0 Å². The fourth-order valence-corrected chi connectivity index (χ4v) is 6.62. The smallest absolute Gasteiger partial charge is 0.341 e. The van der Waals surface area contributed by atoms with E-state index < -0.39 is 16.3 Å². The molecule has 36 heavy (non-hydrogen) atoms. The second-order valence-corrected chi connectivity index (χ2v) is 12.2. The van der Waals surface area contributed by atoms with E-state index in [0.717, 1.165) is 40.9 Å². The highest BCUT2D eigenvalue weighted by molar-refractivity contribution is 7.87. The van der Waals surface area contributed by atoms with Crippen LogP contribution in [0.15, 0.2) is 34.2 Å². The zero-order chi connectivity index (χ0) is 26.5. The van der Waals surface area contributed by atoms with Crippen LogP contribution in [-0.4, -0.2) is 32.9 Å². The van der Waals surface area contributed by atoms with E-state index in [0.29, 0.717) is 11.3 Å². The molecule has 2 heterocycles. The molecule has 8 heteroatoms. The van der Waals surface area contributed by atoms with E-state index in [1.165, 1.54) is 6.92 Å². The van der Waals surface area contributed by atoms with Gasteiger partial charge in [-0.1, -0.05) is 53.7 Å². The third-order valence-corrected chi connectivity index (χ3v) is 8.31. The zero-order valence-corrected chi connectivity index (χ0v) is 23.3. The van der Waals surface area contributed by atoms with E-state index in [-0.39, 0.29) is 34.5 Å². The molecule has 194 valence electrons. The maximum atomic E-state index is 14.0. The van der Waals surface area contributed by atoms with Crippen LogP contribution < -0.4 is 10.2 Å². The predicted molar refractivity (Wildman–Crippen MR) is 145 cm³/mol. The number of hydrogen-bond acceptors (Lipinski definition) is 6. The van der Waals surface area contributed by atoms with Crippen LogP contribution in [0.4, 0.5) is 11.4 Å². The third kappa shape index (κ3) is 4.63. The van der Waals surface area contributed by atoms with Crippen molar-refractivity contribution in [1.82, 2.24) is 0 Å². The van der Waals surface area contributed by atoms with E-state index in [9.17, 15) is 13.2 Å². The van der Waals surface area contributed by atoms with E-state index in [4.69, 9.17) is 4.18 Å². The molecule has 2 aliphatic rings. The monoisotopic (exact) mass is 511 g/mol. The number of hydrogen-bond donors (Lipinski definition) is 1. The summed E-state index contributed by atoms with van der Waals surface area (Å²) in [5, 5.41) is 3.32. The lowest BCUT2D eigenvalue weighted by molar-refractivity contribution is -0.116. The van der Waals surface area contributed by atoms with E-state index in [1.807, 2.05) is 52.0 Å². The van der Waals surface area contributed by atoms with Crippen LogP contribution >= 0.6 is 0 Å². The number of fused-ring (bicyclic) bond motifs is 2. The maximum Gasteiger partial charge on any atom is 0.341 e. The Kier molecular flexibility index (Phi) is 6.94. The van der Waals surface area contributed by atoms with Crippen molar-refractivity contribution in [2.24, 2.45) is 4.99 Å². The summed E-state index contributed by atoms with van der Waals surface area (Å²) in [7, 11) is -4.23. The molecule has 7 nitrogen and oxygen atoms in total. The van der Waals surface area contributed by atoms with Gasteiger partial charge in [0.25, 0.3) is 0 Å².